The van der Waals surface area contributed by atoms with E-state index in [4.69, 9.17) is 5.73 Å². The van der Waals surface area contributed by atoms with E-state index in [0.29, 0.717) is 0 Å². The van der Waals surface area contributed by atoms with Crippen molar-refractivity contribution in [1.29, 1.82) is 0 Å². The average Bonchev–Trinajstić information content (AvgIpc) is 2.88. The van der Waals surface area contributed by atoms with E-state index in [-0.39, 0.29) is 0 Å². The fourth-order valence-electron chi connectivity index (χ4n) is 2.67. The van der Waals surface area contributed by atoms with Crippen LogP contribution in [0.5, 0.6) is 0 Å². The Bertz CT molecular complexity index is 547. The zero-order chi connectivity index (χ0) is 13.1. The number of imidazole rings is 1. The zero-order valence-corrected chi connectivity index (χ0v) is 11.1. The van der Waals surface area contributed by atoms with Crippen molar-refractivity contribution >= 4 is 5.69 Å². The molecule has 1 aromatic carbocycles. The summed E-state index contributed by atoms with van der Waals surface area (Å²) in [7, 11) is 0. The van der Waals surface area contributed by atoms with Crippen LogP contribution in [-0.4, -0.2) is 27.5 Å². The molecule has 0 saturated heterocycles. The summed E-state index contributed by atoms with van der Waals surface area (Å²) >= 11 is 0. The number of fused-ring (bicyclic) bond motifs is 1. The van der Waals surface area contributed by atoms with Crippen LogP contribution >= 0.6 is 0 Å². The van der Waals surface area contributed by atoms with Crippen molar-refractivity contribution in [2.75, 3.05) is 18.8 Å². The lowest BCUT2D eigenvalue weighted by molar-refractivity contribution is 0.215. The number of anilines is 1. The highest BCUT2D eigenvalue weighted by Gasteiger charge is 2.15. The first-order chi connectivity index (χ1) is 9.33. The molecule has 0 amide bonds. The molecule has 0 fully saturated rings. The van der Waals surface area contributed by atoms with Crippen LogP contribution in [0.2, 0.25) is 0 Å². The van der Waals surface area contributed by atoms with E-state index in [1.165, 1.54) is 11.4 Å². The van der Waals surface area contributed by atoms with Gasteiger partial charge in [0.15, 0.2) is 0 Å². The Hall–Kier alpha value is -1.81. The van der Waals surface area contributed by atoms with Gasteiger partial charge >= 0.3 is 0 Å². The molecule has 100 valence electrons. The molecular weight excluding hydrogens is 236 g/mol. The van der Waals surface area contributed by atoms with Crippen LogP contribution < -0.4 is 5.73 Å². The van der Waals surface area contributed by atoms with E-state index in [2.05, 4.69) is 32.8 Å². The average molecular weight is 256 g/mol. The maximum Gasteiger partial charge on any atom is 0.122 e. The molecule has 2 aromatic rings. The minimum atomic E-state index is 0.914. The Morgan fingerprint density at radius 3 is 3.00 bits per heavy atom. The number of nitrogen functional groups attached to an aromatic ring is 1. The van der Waals surface area contributed by atoms with Crippen molar-refractivity contribution in [2.24, 2.45) is 0 Å². The van der Waals surface area contributed by atoms with Crippen molar-refractivity contribution in [3.8, 4) is 0 Å². The number of nitrogens with zero attached hydrogens (tertiary/aromatic N) is 3. The van der Waals surface area contributed by atoms with Gasteiger partial charge < -0.3 is 10.3 Å². The molecule has 0 saturated carbocycles. The topological polar surface area (TPSA) is 47.1 Å². The minimum Gasteiger partial charge on any atom is -0.399 e. The number of para-hydroxylation sites is 1. The third-order valence-corrected chi connectivity index (χ3v) is 3.80. The number of hydrogen-bond donors (Lipinski definition) is 1. The van der Waals surface area contributed by atoms with Crippen LogP contribution in [-0.2, 0) is 19.5 Å². The smallest absolute Gasteiger partial charge is 0.122 e. The first-order valence-corrected chi connectivity index (χ1v) is 6.88. The number of hydrogen-bond acceptors (Lipinski definition) is 3. The van der Waals surface area contributed by atoms with Gasteiger partial charge in [0.05, 0.1) is 6.54 Å². The van der Waals surface area contributed by atoms with Gasteiger partial charge in [-0.2, -0.15) is 0 Å². The molecule has 2 heterocycles. The summed E-state index contributed by atoms with van der Waals surface area (Å²) in [6, 6.07) is 8.15. The normalized spacial score (nSPS) is 15.4. The number of benzene rings is 1. The molecule has 4 heteroatoms. The van der Waals surface area contributed by atoms with Crippen LogP contribution in [0, 0.1) is 0 Å². The molecule has 1 aromatic heterocycles. The zero-order valence-electron chi connectivity index (χ0n) is 11.1. The van der Waals surface area contributed by atoms with Gasteiger partial charge in [0, 0.05) is 31.2 Å². The Kier molecular flexibility index (Phi) is 3.51. The maximum atomic E-state index is 5.96. The lowest BCUT2D eigenvalue weighted by Gasteiger charge is -2.27. The summed E-state index contributed by atoms with van der Waals surface area (Å²) in [6.07, 6.45) is 6.16. The molecule has 2 N–H and O–H groups in total. The highest BCUT2D eigenvalue weighted by atomic mass is 15.2. The summed E-state index contributed by atoms with van der Waals surface area (Å²) in [5, 5.41) is 0. The first-order valence-electron chi connectivity index (χ1n) is 6.88. The second kappa shape index (κ2) is 5.45. The molecule has 3 rings (SSSR count). The number of aromatic nitrogens is 2. The molecule has 0 bridgehead atoms. The largest absolute Gasteiger partial charge is 0.399 e. The van der Waals surface area contributed by atoms with Crippen LogP contribution in [0.1, 0.15) is 17.8 Å². The third kappa shape index (κ3) is 2.79. The minimum absolute atomic E-state index is 0.914. The molecule has 1 aliphatic heterocycles. The Labute approximate surface area is 113 Å². The van der Waals surface area contributed by atoms with Gasteiger partial charge in [0.2, 0.25) is 0 Å². The van der Waals surface area contributed by atoms with Gasteiger partial charge in [-0.05, 0) is 31.0 Å². The van der Waals surface area contributed by atoms with Crippen molar-refractivity contribution < 1.29 is 0 Å². The highest BCUT2D eigenvalue weighted by Crippen LogP contribution is 2.15. The Balaban J connectivity index is 1.50. The number of nitrogens with two attached hydrogens (primary N) is 1. The predicted octanol–water partition coefficient (Wildman–Crippen LogP) is 1.91. The second-order valence-electron chi connectivity index (χ2n) is 5.12. The highest BCUT2D eigenvalue weighted by molar-refractivity contribution is 5.46. The van der Waals surface area contributed by atoms with Gasteiger partial charge in [-0.25, -0.2) is 4.98 Å². The third-order valence-electron chi connectivity index (χ3n) is 3.80. The molecule has 0 atom stereocenters. The van der Waals surface area contributed by atoms with Crippen LogP contribution in [0.15, 0.2) is 36.7 Å². The lowest BCUT2D eigenvalue weighted by atomic mass is 10.1. The SMILES string of the molecule is Nc1ccccc1CCCN1CCn2ccnc2C1. The van der Waals surface area contributed by atoms with Crippen molar-refractivity contribution in [3.63, 3.8) is 0 Å². The monoisotopic (exact) mass is 256 g/mol. The fourth-order valence-corrected chi connectivity index (χ4v) is 2.67. The second-order valence-corrected chi connectivity index (χ2v) is 5.12. The summed E-state index contributed by atoms with van der Waals surface area (Å²) in [4.78, 5) is 6.86. The van der Waals surface area contributed by atoms with Gasteiger partial charge in [-0.15, -0.1) is 0 Å². The molecule has 0 unspecified atom stereocenters. The molecule has 1 aliphatic rings. The van der Waals surface area contributed by atoms with Crippen LogP contribution in [0.25, 0.3) is 0 Å². The lowest BCUT2D eigenvalue weighted by Crippen LogP contribution is -2.34. The molecule has 0 spiro atoms. The van der Waals surface area contributed by atoms with E-state index in [1.807, 2.05) is 18.3 Å². The van der Waals surface area contributed by atoms with Gasteiger partial charge in [0.1, 0.15) is 5.82 Å². The Morgan fingerprint density at radius 1 is 1.21 bits per heavy atom. The van der Waals surface area contributed by atoms with E-state index < -0.39 is 0 Å². The molecule has 4 nitrogen and oxygen atoms in total. The standard InChI is InChI=1S/C15H20N4/c16-14-6-2-1-4-13(14)5-3-8-18-10-11-19-9-7-17-15(19)12-18/h1-2,4,6-7,9H,3,5,8,10-12,16H2. The summed E-state index contributed by atoms with van der Waals surface area (Å²) in [5.41, 5.74) is 8.14. The molecule has 19 heavy (non-hydrogen) atoms. The summed E-state index contributed by atoms with van der Waals surface area (Å²) in [5.74, 6) is 1.19. The van der Waals surface area contributed by atoms with Crippen molar-refractivity contribution in [2.45, 2.75) is 25.9 Å². The predicted molar refractivity (Wildman–Crippen MR) is 76.7 cm³/mol. The summed E-state index contributed by atoms with van der Waals surface area (Å²) in [6.45, 7) is 4.26. The molecular formula is C15H20N4. The van der Waals surface area contributed by atoms with Gasteiger partial charge in [-0.3, -0.25) is 4.90 Å². The van der Waals surface area contributed by atoms with Crippen LogP contribution in [0.4, 0.5) is 5.69 Å². The number of rotatable bonds is 4. The quantitative estimate of drug-likeness (QED) is 0.850. The van der Waals surface area contributed by atoms with Crippen molar-refractivity contribution in [3.05, 3.63) is 48.0 Å². The van der Waals surface area contributed by atoms with E-state index in [1.54, 1.807) is 0 Å². The first kappa shape index (κ1) is 12.2. The maximum absolute atomic E-state index is 5.96. The van der Waals surface area contributed by atoms with E-state index in [0.717, 1.165) is 44.7 Å². The van der Waals surface area contributed by atoms with E-state index >= 15 is 0 Å². The van der Waals surface area contributed by atoms with Gasteiger partial charge in [0.25, 0.3) is 0 Å². The van der Waals surface area contributed by atoms with E-state index in [9.17, 15) is 0 Å². The molecule has 0 aliphatic carbocycles. The van der Waals surface area contributed by atoms with Gasteiger partial charge in [-0.1, -0.05) is 18.2 Å². The Morgan fingerprint density at radius 2 is 2.11 bits per heavy atom. The van der Waals surface area contributed by atoms with Crippen LogP contribution in [0.3, 0.4) is 0 Å². The number of aryl methyl sites for hydroxylation is 1. The summed E-state index contributed by atoms with van der Waals surface area (Å²) < 4.78 is 2.24. The molecule has 0 radical (unpaired) electrons. The van der Waals surface area contributed by atoms with Crippen molar-refractivity contribution in [1.82, 2.24) is 14.5 Å². The fraction of sp³-hybridized carbons (Fsp3) is 0.400.